The molecular formula is C14H14F3NO. The van der Waals surface area contributed by atoms with Crippen LogP contribution in [0.5, 0.6) is 0 Å². The summed E-state index contributed by atoms with van der Waals surface area (Å²) in [6, 6.07) is 0.852. The van der Waals surface area contributed by atoms with E-state index in [2.05, 4.69) is 4.98 Å². The number of halogens is 3. The molecule has 0 atom stereocenters. The fourth-order valence-corrected chi connectivity index (χ4v) is 2.22. The first-order valence-electron chi connectivity index (χ1n) is 6.25. The van der Waals surface area contributed by atoms with Crippen molar-refractivity contribution in [1.82, 2.24) is 4.98 Å². The number of Topliss-reactive ketones (excluding diaryl/α,β-unsaturated/α-hetero) is 1. The Morgan fingerprint density at radius 3 is 2.74 bits per heavy atom. The lowest BCUT2D eigenvalue weighted by molar-refractivity contribution is -0.137. The van der Waals surface area contributed by atoms with Crippen LogP contribution in [0.2, 0.25) is 0 Å². The number of alkyl halides is 3. The Bertz CT molecular complexity index is 506. The number of nitrogens with zero attached hydrogens (tertiary/aromatic N) is 1. The van der Waals surface area contributed by atoms with Gasteiger partial charge in [0.25, 0.3) is 0 Å². The molecule has 0 amide bonds. The molecule has 0 bridgehead atoms. The Balaban J connectivity index is 2.36. The van der Waals surface area contributed by atoms with Crippen LogP contribution in [0.15, 0.2) is 30.1 Å². The summed E-state index contributed by atoms with van der Waals surface area (Å²) in [6.45, 7) is 0. The Kier molecular flexibility index (Phi) is 4.02. The molecule has 0 spiro atoms. The molecule has 0 saturated carbocycles. The zero-order valence-corrected chi connectivity index (χ0v) is 10.3. The van der Waals surface area contributed by atoms with Gasteiger partial charge in [-0.05, 0) is 37.3 Å². The number of aromatic nitrogens is 1. The lowest BCUT2D eigenvalue weighted by Crippen LogP contribution is -2.15. The van der Waals surface area contributed by atoms with Crippen molar-refractivity contribution in [2.24, 2.45) is 0 Å². The minimum absolute atomic E-state index is 0.344. The molecule has 1 aromatic heterocycles. The van der Waals surface area contributed by atoms with Crippen LogP contribution in [-0.2, 0) is 6.18 Å². The van der Waals surface area contributed by atoms with Crippen molar-refractivity contribution in [1.29, 1.82) is 0 Å². The zero-order chi connectivity index (χ0) is 13.9. The molecule has 102 valence electrons. The van der Waals surface area contributed by atoms with E-state index in [4.69, 9.17) is 0 Å². The van der Waals surface area contributed by atoms with Gasteiger partial charge >= 0.3 is 6.18 Å². The smallest absolute Gasteiger partial charge is 0.289 e. The molecule has 19 heavy (non-hydrogen) atoms. The highest BCUT2D eigenvalue weighted by Crippen LogP contribution is 2.33. The molecule has 1 aromatic rings. The fraction of sp³-hybridized carbons (Fsp3) is 0.429. The van der Waals surface area contributed by atoms with Gasteiger partial charge in [0.2, 0.25) is 0 Å². The van der Waals surface area contributed by atoms with Gasteiger partial charge in [-0.15, -0.1) is 0 Å². The summed E-state index contributed by atoms with van der Waals surface area (Å²) >= 11 is 0. The van der Waals surface area contributed by atoms with E-state index < -0.39 is 17.5 Å². The first-order chi connectivity index (χ1) is 9.00. The maximum atomic E-state index is 12.9. The van der Waals surface area contributed by atoms with E-state index in [0.29, 0.717) is 12.0 Å². The largest absolute Gasteiger partial charge is 0.417 e. The van der Waals surface area contributed by atoms with Crippen molar-refractivity contribution >= 4 is 5.78 Å². The SMILES string of the molecule is O=C(C1=CCCCCC1)c1cnccc1C(F)(F)F. The van der Waals surface area contributed by atoms with E-state index in [-0.39, 0.29) is 5.56 Å². The van der Waals surface area contributed by atoms with E-state index in [1.165, 1.54) is 0 Å². The monoisotopic (exact) mass is 269 g/mol. The van der Waals surface area contributed by atoms with E-state index in [1.54, 1.807) is 6.08 Å². The molecule has 0 aromatic carbocycles. The lowest BCUT2D eigenvalue weighted by atomic mass is 9.97. The Labute approximate surface area is 109 Å². The molecule has 0 aliphatic heterocycles. The van der Waals surface area contributed by atoms with Gasteiger partial charge < -0.3 is 0 Å². The summed E-state index contributed by atoms with van der Waals surface area (Å²) < 4.78 is 38.6. The molecule has 0 unspecified atom stereocenters. The topological polar surface area (TPSA) is 30.0 Å². The number of allylic oxidation sites excluding steroid dienone is 2. The number of hydrogen-bond acceptors (Lipinski definition) is 2. The molecule has 5 heteroatoms. The standard InChI is InChI=1S/C14H14F3NO/c15-14(16,17)12-7-8-18-9-11(12)13(19)10-5-3-1-2-4-6-10/h5,7-9H,1-4,6H2. The maximum absolute atomic E-state index is 12.9. The summed E-state index contributed by atoms with van der Waals surface area (Å²) in [4.78, 5) is 15.9. The number of hydrogen-bond donors (Lipinski definition) is 0. The van der Waals surface area contributed by atoms with Crippen molar-refractivity contribution < 1.29 is 18.0 Å². The van der Waals surface area contributed by atoms with Gasteiger partial charge in [-0.2, -0.15) is 13.2 Å². The van der Waals surface area contributed by atoms with Crippen LogP contribution in [0.25, 0.3) is 0 Å². The van der Waals surface area contributed by atoms with E-state index in [0.717, 1.165) is 44.1 Å². The van der Waals surface area contributed by atoms with Gasteiger partial charge in [-0.25, -0.2) is 0 Å². The predicted molar refractivity (Wildman–Crippen MR) is 64.7 cm³/mol. The third kappa shape index (κ3) is 3.22. The first kappa shape index (κ1) is 13.8. The molecule has 1 aliphatic rings. The summed E-state index contributed by atoms with van der Waals surface area (Å²) in [5.41, 5.74) is -0.767. The van der Waals surface area contributed by atoms with Crippen LogP contribution in [0.3, 0.4) is 0 Å². The highest BCUT2D eigenvalue weighted by atomic mass is 19.4. The van der Waals surface area contributed by atoms with Crippen LogP contribution in [0, 0.1) is 0 Å². The first-order valence-corrected chi connectivity index (χ1v) is 6.25. The minimum atomic E-state index is -4.53. The summed E-state index contributed by atoms with van der Waals surface area (Å²) in [5, 5.41) is 0. The summed E-state index contributed by atoms with van der Waals surface area (Å²) in [6.07, 6.45) is 3.44. The van der Waals surface area contributed by atoms with Crippen LogP contribution in [-0.4, -0.2) is 10.8 Å². The van der Waals surface area contributed by atoms with Crippen LogP contribution < -0.4 is 0 Å². The lowest BCUT2D eigenvalue weighted by Gasteiger charge is -2.12. The number of ketones is 1. The number of pyridine rings is 1. The maximum Gasteiger partial charge on any atom is 0.417 e. The average molecular weight is 269 g/mol. The van der Waals surface area contributed by atoms with E-state index in [1.807, 2.05) is 0 Å². The molecule has 0 N–H and O–H groups in total. The third-order valence-corrected chi connectivity index (χ3v) is 3.20. The van der Waals surface area contributed by atoms with Gasteiger partial charge in [0.05, 0.1) is 11.1 Å². The Morgan fingerprint density at radius 1 is 1.21 bits per heavy atom. The van der Waals surface area contributed by atoms with Crippen molar-refractivity contribution in [3.05, 3.63) is 41.2 Å². The van der Waals surface area contributed by atoms with Gasteiger partial charge in [0, 0.05) is 12.4 Å². The van der Waals surface area contributed by atoms with Crippen molar-refractivity contribution in [3.8, 4) is 0 Å². The normalized spacial score (nSPS) is 16.7. The molecule has 0 fully saturated rings. The molecular weight excluding hydrogens is 255 g/mol. The highest BCUT2D eigenvalue weighted by Gasteiger charge is 2.35. The molecule has 0 radical (unpaired) electrons. The van der Waals surface area contributed by atoms with Crippen LogP contribution in [0.1, 0.15) is 48.0 Å². The van der Waals surface area contributed by atoms with Gasteiger partial charge in [-0.3, -0.25) is 9.78 Å². The second-order valence-corrected chi connectivity index (χ2v) is 4.58. The van der Waals surface area contributed by atoms with Gasteiger partial charge in [-0.1, -0.05) is 12.5 Å². The van der Waals surface area contributed by atoms with E-state index >= 15 is 0 Å². The third-order valence-electron chi connectivity index (χ3n) is 3.20. The molecule has 0 saturated heterocycles. The van der Waals surface area contributed by atoms with Crippen molar-refractivity contribution in [2.45, 2.75) is 38.3 Å². The van der Waals surface area contributed by atoms with E-state index in [9.17, 15) is 18.0 Å². The number of carbonyl (C=O) groups excluding carboxylic acids is 1. The summed E-state index contributed by atoms with van der Waals surface area (Å²) in [5.74, 6) is -0.540. The molecule has 2 nitrogen and oxygen atoms in total. The molecule has 1 aliphatic carbocycles. The van der Waals surface area contributed by atoms with Crippen LogP contribution in [0.4, 0.5) is 13.2 Å². The van der Waals surface area contributed by atoms with Crippen LogP contribution >= 0.6 is 0 Å². The van der Waals surface area contributed by atoms with Crippen molar-refractivity contribution in [2.75, 3.05) is 0 Å². The van der Waals surface area contributed by atoms with Crippen molar-refractivity contribution in [3.63, 3.8) is 0 Å². The Morgan fingerprint density at radius 2 is 2.00 bits per heavy atom. The van der Waals surface area contributed by atoms with Gasteiger partial charge in [0.1, 0.15) is 0 Å². The minimum Gasteiger partial charge on any atom is -0.289 e. The summed E-state index contributed by atoms with van der Waals surface area (Å²) in [7, 11) is 0. The second-order valence-electron chi connectivity index (χ2n) is 4.58. The predicted octanol–water partition coefficient (Wildman–Crippen LogP) is 4.17. The number of rotatable bonds is 2. The second kappa shape index (κ2) is 5.55. The Hall–Kier alpha value is -1.65. The van der Waals surface area contributed by atoms with Gasteiger partial charge in [0.15, 0.2) is 5.78 Å². The quantitative estimate of drug-likeness (QED) is 0.754. The zero-order valence-electron chi connectivity index (χ0n) is 10.3. The average Bonchev–Trinajstić information content (AvgIpc) is 2.66. The molecule has 2 rings (SSSR count). The fourth-order valence-electron chi connectivity index (χ4n) is 2.22. The molecule has 1 heterocycles. The number of carbonyl (C=O) groups is 1. The highest BCUT2D eigenvalue weighted by molar-refractivity contribution is 6.09.